The molecular weight excluding hydrogens is 340 g/mol. The number of anilines is 2. The molecule has 0 saturated carbocycles. The van der Waals surface area contributed by atoms with Crippen molar-refractivity contribution >= 4 is 21.7 Å². The Morgan fingerprint density at radius 1 is 1.00 bits per heavy atom. The maximum atomic E-state index is 12.9. The third-order valence-corrected chi connectivity index (χ3v) is 5.59. The third kappa shape index (κ3) is 3.68. The van der Waals surface area contributed by atoms with Crippen molar-refractivity contribution in [2.24, 2.45) is 0 Å². The first kappa shape index (κ1) is 19.0. The van der Waals surface area contributed by atoms with E-state index in [9.17, 15) is 8.42 Å². The van der Waals surface area contributed by atoms with Gasteiger partial charge in [-0.15, -0.1) is 0 Å². The number of rotatable bonds is 5. The Morgan fingerprint density at radius 2 is 1.56 bits per heavy atom. The molecule has 0 unspecified atom stereocenters. The molecule has 1 aromatic heterocycles. The number of nitrogens with one attached hydrogen (secondary N) is 1. The van der Waals surface area contributed by atoms with E-state index in [4.69, 9.17) is 4.74 Å². The van der Waals surface area contributed by atoms with E-state index in [-0.39, 0.29) is 4.90 Å². The van der Waals surface area contributed by atoms with Gasteiger partial charge in [0, 0.05) is 14.1 Å². The molecule has 0 amide bonds. The number of methoxy groups -OCH3 is 1. The number of aryl methyl sites for hydroxylation is 2. The van der Waals surface area contributed by atoms with Gasteiger partial charge < -0.3 is 9.64 Å². The summed E-state index contributed by atoms with van der Waals surface area (Å²) in [6.07, 6.45) is 0. The summed E-state index contributed by atoms with van der Waals surface area (Å²) >= 11 is 0. The average Bonchev–Trinajstić information content (AvgIpc) is 2.52. The molecule has 0 aliphatic carbocycles. The van der Waals surface area contributed by atoms with Crippen molar-refractivity contribution in [2.45, 2.75) is 32.6 Å². The van der Waals surface area contributed by atoms with Gasteiger partial charge in [0.15, 0.2) is 0 Å². The van der Waals surface area contributed by atoms with Crippen LogP contribution in [0.3, 0.4) is 0 Å². The summed E-state index contributed by atoms with van der Waals surface area (Å²) in [5.74, 6) is 1.19. The first-order valence-electron chi connectivity index (χ1n) is 7.78. The lowest BCUT2D eigenvalue weighted by atomic mass is 10.1. The van der Waals surface area contributed by atoms with Crippen LogP contribution in [0.5, 0.6) is 5.75 Å². The van der Waals surface area contributed by atoms with Gasteiger partial charge >= 0.3 is 0 Å². The van der Waals surface area contributed by atoms with Crippen LogP contribution < -0.4 is 14.4 Å². The minimum absolute atomic E-state index is 0.210. The molecule has 136 valence electrons. The highest BCUT2D eigenvalue weighted by Crippen LogP contribution is 2.29. The molecule has 2 rings (SSSR count). The number of sulfonamides is 1. The molecule has 0 radical (unpaired) electrons. The largest absolute Gasteiger partial charge is 0.496 e. The molecular formula is C17H24N4O3S. The van der Waals surface area contributed by atoms with Gasteiger partial charge in [0.2, 0.25) is 5.95 Å². The van der Waals surface area contributed by atoms with Crippen LogP contribution in [0.1, 0.15) is 22.5 Å². The second-order valence-corrected chi connectivity index (χ2v) is 7.74. The lowest BCUT2D eigenvalue weighted by Crippen LogP contribution is -2.19. The Morgan fingerprint density at radius 3 is 2.04 bits per heavy atom. The summed E-state index contributed by atoms with van der Waals surface area (Å²) in [7, 11) is 1.46. The number of hydrogen-bond acceptors (Lipinski definition) is 6. The molecule has 0 atom stereocenters. The molecule has 0 fully saturated rings. The Labute approximate surface area is 149 Å². The number of benzene rings is 1. The second kappa shape index (κ2) is 6.87. The van der Waals surface area contributed by atoms with Gasteiger partial charge in [-0.2, -0.15) is 0 Å². The molecule has 1 heterocycles. The number of aromatic nitrogens is 2. The molecule has 1 N–H and O–H groups in total. The molecule has 1 aromatic carbocycles. The van der Waals surface area contributed by atoms with Gasteiger partial charge in [-0.25, -0.2) is 18.4 Å². The quantitative estimate of drug-likeness (QED) is 0.878. The summed E-state index contributed by atoms with van der Waals surface area (Å²) in [5, 5.41) is 0. The van der Waals surface area contributed by atoms with E-state index < -0.39 is 10.0 Å². The van der Waals surface area contributed by atoms with E-state index >= 15 is 0 Å². The Hall–Kier alpha value is -2.35. The summed E-state index contributed by atoms with van der Waals surface area (Å²) in [4.78, 5) is 10.7. The van der Waals surface area contributed by atoms with Crippen molar-refractivity contribution in [1.82, 2.24) is 9.97 Å². The zero-order valence-corrected chi connectivity index (χ0v) is 16.4. The molecule has 7 nitrogen and oxygen atoms in total. The SMILES string of the molecule is COc1ccc(S(=O)(=O)Nc2c(C)nc(N(C)C)nc2C)c(C)c1C. The van der Waals surface area contributed by atoms with Gasteiger partial charge in [0.25, 0.3) is 10.0 Å². The van der Waals surface area contributed by atoms with E-state index in [0.717, 1.165) is 5.56 Å². The molecule has 2 aromatic rings. The predicted molar refractivity (Wildman–Crippen MR) is 99.1 cm³/mol. The van der Waals surface area contributed by atoms with E-state index in [1.54, 1.807) is 44.9 Å². The minimum atomic E-state index is -3.77. The van der Waals surface area contributed by atoms with Crippen molar-refractivity contribution in [2.75, 3.05) is 30.8 Å². The van der Waals surface area contributed by atoms with Crippen LogP contribution in [0.2, 0.25) is 0 Å². The van der Waals surface area contributed by atoms with Crippen molar-refractivity contribution < 1.29 is 13.2 Å². The van der Waals surface area contributed by atoms with Gasteiger partial charge in [-0.05, 0) is 51.0 Å². The lowest BCUT2D eigenvalue weighted by Gasteiger charge is -2.18. The molecule has 8 heteroatoms. The second-order valence-electron chi connectivity index (χ2n) is 6.09. The summed E-state index contributed by atoms with van der Waals surface area (Å²) in [6, 6.07) is 3.20. The Balaban J connectivity index is 2.49. The van der Waals surface area contributed by atoms with Crippen LogP contribution in [-0.4, -0.2) is 39.6 Å². The first-order chi connectivity index (χ1) is 11.6. The normalized spacial score (nSPS) is 11.3. The Kier molecular flexibility index (Phi) is 5.22. The highest BCUT2D eigenvalue weighted by atomic mass is 32.2. The van der Waals surface area contributed by atoms with Gasteiger partial charge in [0.05, 0.1) is 29.1 Å². The van der Waals surface area contributed by atoms with E-state index in [0.29, 0.717) is 34.3 Å². The molecule has 0 aliphatic rings. The highest BCUT2D eigenvalue weighted by molar-refractivity contribution is 7.92. The average molecular weight is 364 g/mol. The molecule has 0 saturated heterocycles. The van der Waals surface area contributed by atoms with E-state index in [1.165, 1.54) is 0 Å². The maximum Gasteiger partial charge on any atom is 0.262 e. The molecule has 0 aliphatic heterocycles. The zero-order valence-electron chi connectivity index (χ0n) is 15.6. The Bertz CT molecular complexity index is 885. The summed E-state index contributed by atoms with van der Waals surface area (Å²) < 4.78 is 33.6. The number of hydrogen-bond donors (Lipinski definition) is 1. The molecule has 0 bridgehead atoms. The van der Waals surface area contributed by atoms with Crippen LogP contribution in [-0.2, 0) is 10.0 Å². The van der Waals surface area contributed by atoms with Crippen LogP contribution in [0.25, 0.3) is 0 Å². The molecule has 0 spiro atoms. The fraction of sp³-hybridized carbons (Fsp3) is 0.412. The highest BCUT2D eigenvalue weighted by Gasteiger charge is 2.22. The van der Waals surface area contributed by atoms with Crippen molar-refractivity contribution in [3.8, 4) is 5.75 Å². The van der Waals surface area contributed by atoms with Gasteiger partial charge in [-0.3, -0.25) is 4.72 Å². The van der Waals surface area contributed by atoms with Gasteiger partial charge in [-0.1, -0.05) is 0 Å². The maximum absolute atomic E-state index is 12.9. The van der Waals surface area contributed by atoms with Crippen molar-refractivity contribution in [3.05, 3.63) is 34.6 Å². The number of ether oxygens (including phenoxy) is 1. The standard InChI is InChI=1S/C17H24N4O3S/c1-10-11(2)15(9-8-14(10)24-7)25(22,23)20-16-12(3)18-17(21(5)6)19-13(16)4/h8-9,20H,1-7H3. The summed E-state index contributed by atoms with van der Waals surface area (Å²) in [5.41, 5.74) is 2.98. The molecule has 25 heavy (non-hydrogen) atoms. The van der Waals surface area contributed by atoms with Gasteiger partial charge in [0.1, 0.15) is 5.75 Å². The number of nitrogens with zero attached hydrogens (tertiary/aromatic N) is 3. The van der Waals surface area contributed by atoms with E-state index in [1.807, 2.05) is 21.0 Å². The fourth-order valence-corrected chi connectivity index (χ4v) is 4.00. The van der Waals surface area contributed by atoms with Crippen LogP contribution >= 0.6 is 0 Å². The first-order valence-corrected chi connectivity index (χ1v) is 9.26. The lowest BCUT2D eigenvalue weighted by molar-refractivity contribution is 0.411. The van der Waals surface area contributed by atoms with E-state index in [2.05, 4.69) is 14.7 Å². The minimum Gasteiger partial charge on any atom is -0.496 e. The topological polar surface area (TPSA) is 84.4 Å². The zero-order chi connectivity index (χ0) is 18.9. The smallest absolute Gasteiger partial charge is 0.262 e. The van der Waals surface area contributed by atoms with Crippen molar-refractivity contribution in [3.63, 3.8) is 0 Å². The summed E-state index contributed by atoms with van der Waals surface area (Å²) in [6.45, 7) is 7.10. The third-order valence-electron chi connectivity index (χ3n) is 4.09. The predicted octanol–water partition coefficient (Wildman–Crippen LogP) is 2.59. The van der Waals surface area contributed by atoms with Crippen molar-refractivity contribution in [1.29, 1.82) is 0 Å². The monoisotopic (exact) mass is 364 g/mol. The van der Waals surface area contributed by atoms with Crippen LogP contribution in [0.4, 0.5) is 11.6 Å². The fourth-order valence-electron chi connectivity index (χ4n) is 2.52. The van der Waals surface area contributed by atoms with Crippen LogP contribution in [0.15, 0.2) is 17.0 Å². The van der Waals surface area contributed by atoms with Crippen LogP contribution in [0, 0.1) is 27.7 Å².